The molecule has 0 bridgehead atoms. The van der Waals surface area contributed by atoms with Gasteiger partial charge in [-0.2, -0.15) is 12.6 Å². The first-order chi connectivity index (χ1) is 26.1. The number of rotatable bonds is 22. The molecule has 0 radical (unpaired) electrons. The van der Waals surface area contributed by atoms with Gasteiger partial charge in [-0.05, 0) is 57.1 Å². The number of methoxy groups -OCH3 is 2. The van der Waals surface area contributed by atoms with Crippen molar-refractivity contribution >= 4 is 42.2 Å². The van der Waals surface area contributed by atoms with Gasteiger partial charge in [-0.15, -0.1) is 0 Å². The van der Waals surface area contributed by atoms with E-state index in [2.05, 4.69) is 10.6 Å². The number of hydrogen-bond donors (Lipinski definition) is 4. The van der Waals surface area contributed by atoms with E-state index in [4.69, 9.17) is 22.1 Å². The highest BCUT2D eigenvalue weighted by Gasteiger charge is 2.44. The van der Waals surface area contributed by atoms with E-state index >= 15 is 0 Å². The predicted octanol–water partition coefficient (Wildman–Crippen LogP) is 4.48. The summed E-state index contributed by atoms with van der Waals surface area (Å²) in [5, 5.41) is 15.6. The fraction of sp³-hybridized carbons (Fsp3) is 0.738. The zero-order chi connectivity index (χ0) is 42.7. The molecule has 3 N–H and O–H groups in total. The normalized spacial score (nSPS) is 19.2. The number of carbonyl (C=O) groups excluding carboxylic acids is 4. The molecule has 1 heterocycles. The van der Waals surface area contributed by atoms with Crippen molar-refractivity contribution in [2.45, 2.75) is 142 Å². The third kappa shape index (κ3) is 12.9. The second-order valence-corrected chi connectivity index (χ2v) is 17.8. The number of hydrogen-bond acceptors (Lipinski definition) is 9. The van der Waals surface area contributed by atoms with Crippen LogP contribution in [0, 0.1) is 23.7 Å². The summed E-state index contributed by atoms with van der Waals surface area (Å²) in [7, 11) is 6.60. The van der Waals surface area contributed by atoms with Crippen LogP contribution in [0.3, 0.4) is 0 Å². The van der Waals surface area contributed by atoms with Gasteiger partial charge in [-0.1, -0.05) is 85.2 Å². The van der Waals surface area contributed by atoms with Crippen molar-refractivity contribution in [2.75, 3.05) is 34.9 Å². The van der Waals surface area contributed by atoms with Crippen LogP contribution in [0.5, 0.6) is 0 Å². The molecule has 0 aliphatic carbocycles. The highest BCUT2D eigenvalue weighted by molar-refractivity contribution is 7.81. The Kier molecular flexibility index (Phi) is 19.3. The second-order valence-electron chi connectivity index (χ2n) is 16.7. The van der Waals surface area contributed by atoms with Crippen LogP contribution in [-0.2, 0) is 39.9 Å². The second kappa shape index (κ2) is 22.1. The number of carboxylic acids is 1. The maximum atomic E-state index is 14.4. The van der Waals surface area contributed by atoms with Crippen LogP contribution < -0.4 is 10.6 Å². The molecule has 318 valence electrons. The lowest BCUT2D eigenvalue weighted by Gasteiger charge is -2.42. The molecule has 0 saturated carbocycles. The minimum absolute atomic E-state index is 0.0231. The largest absolute Gasteiger partial charge is 0.480 e. The smallest absolute Gasteiger partial charge is 0.326 e. The fourth-order valence-electron chi connectivity index (χ4n) is 7.90. The van der Waals surface area contributed by atoms with Crippen molar-refractivity contribution in [3.8, 4) is 0 Å². The van der Waals surface area contributed by atoms with E-state index in [1.54, 1.807) is 23.8 Å². The van der Waals surface area contributed by atoms with Crippen LogP contribution in [0.1, 0.15) is 93.6 Å². The van der Waals surface area contributed by atoms with E-state index in [-0.39, 0.29) is 48.3 Å². The lowest BCUT2D eigenvalue weighted by Crippen LogP contribution is -2.61. The Morgan fingerprint density at radius 1 is 0.946 bits per heavy atom. The van der Waals surface area contributed by atoms with Crippen molar-refractivity contribution in [1.82, 2.24) is 25.3 Å². The molecule has 0 spiro atoms. The number of aliphatic carboxylic acids is 1. The fourth-order valence-corrected chi connectivity index (χ4v) is 8.02. The average molecular weight is 806 g/mol. The topological polar surface area (TPSA) is 158 Å². The molecule has 1 aromatic carbocycles. The summed E-state index contributed by atoms with van der Waals surface area (Å²) >= 11 is 4.69. The Morgan fingerprint density at radius 2 is 1.55 bits per heavy atom. The molecule has 4 amide bonds. The molecule has 0 aromatic heterocycles. The molecule has 2 rings (SSSR count). The first-order valence-electron chi connectivity index (χ1n) is 20.1. The predicted molar refractivity (Wildman–Crippen MR) is 222 cm³/mol. The minimum atomic E-state index is -1.14. The summed E-state index contributed by atoms with van der Waals surface area (Å²) in [6, 6.07) is 5.69. The Balaban J connectivity index is 2.30. The number of likely N-dealkylation sites (N-methyl/N-ethyl adjacent to an activating group) is 2. The minimum Gasteiger partial charge on any atom is -0.480 e. The summed E-state index contributed by atoms with van der Waals surface area (Å²) in [6.45, 7) is 17.8. The first kappa shape index (κ1) is 48.9. The zero-order valence-corrected chi connectivity index (χ0v) is 37.0. The SMILES string of the molecule is CCC(C)C(C(CC(=O)N1CCCC1C(OC)C(C)C(=O)NC(Cc1ccccc1)C(=O)O)OC)N(C)C(=O)C(NC(=O)C(C(C)C)N(C)C(C)(C)S)C(C)C. The van der Waals surface area contributed by atoms with Gasteiger partial charge >= 0.3 is 5.97 Å². The van der Waals surface area contributed by atoms with Crippen molar-refractivity contribution in [3.05, 3.63) is 35.9 Å². The molecular weight excluding hydrogens is 735 g/mol. The van der Waals surface area contributed by atoms with E-state index in [0.29, 0.717) is 25.8 Å². The van der Waals surface area contributed by atoms with Crippen molar-refractivity contribution < 1.29 is 38.6 Å². The Bertz CT molecular complexity index is 1440. The Labute approximate surface area is 341 Å². The standard InChI is InChI=1S/C42H71N5O8S/c1-14-27(6)36(45(10)40(51)34(25(2)3)44-39(50)35(26(4)5)46(11)42(8,9)56)32(54-12)24-33(48)47-22-18-21-31(47)37(55-13)28(7)38(49)43-30(41(52)53)23-29-19-16-15-17-20-29/h15-17,19-20,25-28,30-32,34-37,56H,14,18,21-24H2,1-13H3,(H,43,49)(H,44,50)(H,52,53). The molecular formula is C42H71N5O8S. The highest BCUT2D eigenvalue weighted by atomic mass is 32.1. The van der Waals surface area contributed by atoms with E-state index in [9.17, 15) is 29.1 Å². The number of ether oxygens (including phenoxy) is 2. The maximum absolute atomic E-state index is 14.4. The van der Waals surface area contributed by atoms with E-state index in [1.165, 1.54) is 14.2 Å². The lowest BCUT2D eigenvalue weighted by atomic mass is 9.89. The maximum Gasteiger partial charge on any atom is 0.326 e. The Hall–Kier alpha value is -3.20. The molecule has 14 heteroatoms. The Morgan fingerprint density at radius 3 is 2.04 bits per heavy atom. The quantitative estimate of drug-likeness (QED) is 0.0981. The number of benzene rings is 1. The molecule has 9 atom stereocenters. The van der Waals surface area contributed by atoms with Crippen LogP contribution in [0.15, 0.2) is 30.3 Å². The summed E-state index contributed by atoms with van der Waals surface area (Å²) in [5.41, 5.74) is 0.782. The summed E-state index contributed by atoms with van der Waals surface area (Å²) in [5.74, 6) is -3.43. The first-order valence-corrected chi connectivity index (χ1v) is 20.5. The molecule has 13 nitrogen and oxygen atoms in total. The number of thiol groups is 1. The van der Waals surface area contributed by atoms with Crippen LogP contribution in [-0.4, -0.2) is 132 Å². The van der Waals surface area contributed by atoms with Crippen LogP contribution in [0.25, 0.3) is 0 Å². The zero-order valence-electron chi connectivity index (χ0n) is 36.1. The molecule has 1 aliphatic heterocycles. The summed E-state index contributed by atoms with van der Waals surface area (Å²) in [4.78, 5) is 72.8. The van der Waals surface area contributed by atoms with Gasteiger partial charge in [0.05, 0.1) is 47.5 Å². The van der Waals surface area contributed by atoms with Gasteiger partial charge in [0.15, 0.2) is 0 Å². The molecule has 1 aromatic rings. The van der Waals surface area contributed by atoms with Crippen LogP contribution in [0.2, 0.25) is 0 Å². The highest BCUT2D eigenvalue weighted by Crippen LogP contribution is 2.30. The number of carbonyl (C=O) groups is 5. The molecule has 1 saturated heterocycles. The van der Waals surface area contributed by atoms with Gasteiger partial charge in [0.1, 0.15) is 12.1 Å². The van der Waals surface area contributed by atoms with Gasteiger partial charge in [-0.25, -0.2) is 4.79 Å². The number of amides is 4. The van der Waals surface area contributed by atoms with E-state index in [1.807, 2.05) is 97.7 Å². The van der Waals surface area contributed by atoms with E-state index in [0.717, 1.165) is 5.56 Å². The number of nitrogens with one attached hydrogen (secondary N) is 2. The third-order valence-corrected chi connectivity index (χ3v) is 11.9. The van der Waals surface area contributed by atoms with Gasteiger partial charge in [0.25, 0.3) is 0 Å². The molecule has 1 aliphatic rings. The molecule has 9 unspecified atom stereocenters. The van der Waals surface area contributed by atoms with Crippen molar-refractivity contribution in [3.63, 3.8) is 0 Å². The van der Waals surface area contributed by atoms with Gasteiger partial charge in [-0.3, -0.25) is 24.1 Å². The number of likely N-dealkylation sites (tertiary alicyclic amines) is 1. The van der Waals surface area contributed by atoms with Crippen LogP contribution in [0.4, 0.5) is 0 Å². The third-order valence-electron chi connectivity index (χ3n) is 11.6. The lowest BCUT2D eigenvalue weighted by molar-refractivity contribution is -0.148. The van der Waals surface area contributed by atoms with Crippen molar-refractivity contribution in [1.29, 1.82) is 0 Å². The van der Waals surface area contributed by atoms with Gasteiger partial charge < -0.3 is 35.0 Å². The van der Waals surface area contributed by atoms with Gasteiger partial charge in [0.2, 0.25) is 23.6 Å². The molecule has 56 heavy (non-hydrogen) atoms. The average Bonchev–Trinajstić information content (AvgIpc) is 3.62. The van der Waals surface area contributed by atoms with Gasteiger partial charge in [0, 0.05) is 34.2 Å². The van der Waals surface area contributed by atoms with Crippen molar-refractivity contribution in [2.24, 2.45) is 23.7 Å². The summed E-state index contributed by atoms with van der Waals surface area (Å²) < 4.78 is 11.9. The van der Waals surface area contributed by atoms with E-state index < -0.39 is 65.1 Å². The monoisotopic (exact) mass is 806 g/mol. The summed E-state index contributed by atoms with van der Waals surface area (Å²) in [6.07, 6.45) is 0.747. The van der Waals surface area contributed by atoms with Crippen LogP contribution >= 0.6 is 12.6 Å². The molecule has 1 fully saturated rings. The number of nitrogens with zero attached hydrogens (tertiary/aromatic N) is 3. The number of carboxylic acid groups (broad SMARTS) is 1.